The van der Waals surface area contributed by atoms with Crippen LogP contribution in [0.2, 0.25) is 0 Å². The fraction of sp³-hybridized carbons (Fsp3) is 0.240. The molecule has 0 aliphatic carbocycles. The highest BCUT2D eigenvalue weighted by Gasteiger charge is 2.26. The maximum Gasteiger partial charge on any atom is 0.342 e. The summed E-state index contributed by atoms with van der Waals surface area (Å²) in [4.78, 5) is 32.0. The number of benzene rings is 1. The van der Waals surface area contributed by atoms with Crippen molar-refractivity contribution in [3.05, 3.63) is 63.0 Å². The zero-order valence-corrected chi connectivity index (χ0v) is 20.7. The third kappa shape index (κ3) is 4.24. The number of nitrogen functional groups attached to an aromatic ring is 1. The molecule has 0 aliphatic rings. The predicted octanol–water partition coefficient (Wildman–Crippen LogP) is 6.35. The number of rotatable bonds is 5. The van der Waals surface area contributed by atoms with Gasteiger partial charge in [0.25, 0.3) is 5.91 Å². The maximum absolute atomic E-state index is 13.3. The summed E-state index contributed by atoms with van der Waals surface area (Å²) in [6, 6.07) is 9.56. The summed E-state index contributed by atoms with van der Waals surface area (Å²) in [6.45, 7) is 9.52. The molecule has 8 heteroatoms. The van der Waals surface area contributed by atoms with E-state index in [9.17, 15) is 9.59 Å². The van der Waals surface area contributed by atoms with Gasteiger partial charge in [-0.15, -0.1) is 22.7 Å². The van der Waals surface area contributed by atoms with Crippen molar-refractivity contribution in [1.82, 2.24) is 4.98 Å². The molecule has 1 aromatic carbocycles. The number of pyridine rings is 1. The molecule has 0 saturated carbocycles. The number of hydrogen-bond donors (Lipinski definition) is 2. The average Bonchev–Trinajstić information content (AvgIpc) is 3.33. The van der Waals surface area contributed by atoms with Crippen molar-refractivity contribution < 1.29 is 14.3 Å². The number of carbonyl (C=O) groups is 2. The van der Waals surface area contributed by atoms with E-state index in [0.717, 1.165) is 38.2 Å². The van der Waals surface area contributed by atoms with Crippen LogP contribution < -0.4 is 11.1 Å². The first kappa shape index (κ1) is 22.9. The van der Waals surface area contributed by atoms with Crippen LogP contribution >= 0.6 is 22.7 Å². The minimum Gasteiger partial charge on any atom is -0.459 e. The van der Waals surface area contributed by atoms with Gasteiger partial charge in [-0.1, -0.05) is 30.3 Å². The molecule has 4 aromatic rings. The molecule has 3 N–H and O–H groups in total. The first-order valence-electron chi connectivity index (χ1n) is 10.5. The van der Waals surface area contributed by atoms with Crippen LogP contribution in [-0.4, -0.2) is 23.0 Å². The predicted molar refractivity (Wildman–Crippen MR) is 137 cm³/mol. The molecule has 0 aliphatic heterocycles. The Morgan fingerprint density at radius 2 is 1.79 bits per heavy atom. The number of thiophene rings is 2. The van der Waals surface area contributed by atoms with Gasteiger partial charge in [-0.2, -0.15) is 0 Å². The van der Waals surface area contributed by atoms with E-state index in [1.54, 1.807) is 13.8 Å². The monoisotopic (exact) mass is 479 g/mol. The van der Waals surface area contributed by atoms with Crippen molar-refractivity contribution in [2.45, 2.75) is 40.7 Å². The molecular weight excluding hydrogens is 454 g/mol. The number of nitrogens with two attached hydrogens (primary N) is 1. The quantitative estimate of drug-likeness (QED) is 0.325. The van der Waals surface area contributed by atoms with Gasteiger partial charge in [-0.25, -0.2) is 9.78 Å². The highest BCUT2D eigenvalue weighted by Crippen LogP contribution is 2.39. The summed E-state index contributed by atoms with van der Waals surface area (Å²) >= 11 is 2.54. The molecule has 0 radical (unpaired) electrons. The number of ether oxygens (including phenoxy) is 1. The topological polar surface area (TPSA) is 94.3 Å². The highest BCUT2D eigenvalue weighted by molar-refractivity contribution is 7.21. The van der Waals surface area contributed by atoms with E-state index in [0.29, 0.717) is 21.1 Å². The third-order valence-corrected chi connectivity index (χ3v) is 7.53. The molecule has 3 heterocycles. The Balaban J connectivity index is 1.76. The first-order chi connectivity index (χ1) is 15.7. The maximum atomic E-state index is 13.3. The lowest BCUT2D eigenvalue weighted by atomic mass is 10.0. The fourth-order valence-corrected chi connectivity index (χ4v) is 5.70. The molecule has 0 unspecified atom stereocenters. The molecule has 0 fully saturated rings. The third-order valence-electron chi connectivity index (χ3n) is 5.53. The van der Waals surface area contributed by atoms with E-state index in [1.165, 1.54) is 22.7 Å². The second-order valence-electron chi connectivity index (χ2n) is 8.10. The fourth-order valence-electron chi connectivity index (χ4n) is 3.65. The van der Waals surface area contributed by atoms with Crippen molar-refractivity contribution in [1.29, 1.82) is 0 Å². The molecule has 3 aromatic heterocycles. The van der Waals surface area contributed by atoms with Crippen LogP contribution in [0, 0.1) is 20.8 Å². The summed E-state index contributed by atoms with van der Waals surface area (Å²) in [5.41, 5.74) is 11.7. The average molecular weight is 480 g/mol. The van der Waals surface area contributed by atoms with Crippen molar-refractivity contribution in [2.24, 2.45) is 0 Å². The molecular formula is C25H25N3O3S2. The van der Waals surface area contributed by atoms with E-state index in [2.05, 4.69) is 10.3 Å². The Labute approximate surface area is 200 Å². The first-order valence-corrected chi connectivity index (χ1v) is 12.2. The van der Waals surface area contributed by atoms with Gasteiger partial charge in [-0.3, -0.25) is 4.79 Å². The minimum absolute atomic E-state index is 0.289. The standard InChI is InChI=1S/C25H25N3O3S2/c1-12(2)31-25(30)19-17(16-9-7-6-8-10-16)11-32-23(19)28-22(29)21-20(26)18-14(4)13(3)15(5)27-24(18)33-21/h6-12H,26H2,1-5H3,(H,28,29). The lowest BCUT2D eigenvalue weighted by Gasteiger charge is -2.11. The number of esters is 1. The van der Waals surface area contributed by atoms with Gasteiger partial charge in [0, 0.05) is 22.0 Å². The lowest BCUT2D eigenvalue weighted by Crippen LogP contribution is -2.16. The number of carbonyl (C=O) groups excluding carboxylic acids is 2. The normalized spacial score (nSPS) is 11.2. The Morgan fingerprint density at radius 1 is 1.09 bits per heavy atom. The van der Waals surface area contributed by atoms with Crippen LogP contribution in [0.4, 0.5) is 10.7 Å². The second-order valence-corrected chi connectivity index (χ2v) is 9.98. The minimum atomic E-state index is -0.478. The van der Waals surface area contributed by atoms with E-state index < -0.39 is 5.97 Å². The number of aromatic nitrogens is 1. The smallest absolute Gasteiger partial charge is 0.342 e. The van der Waals surface area contributed by atoms with Gasteiger partial charge in [0.2, 0.25) is 0 Å². The van der Waals surface area contributed by atoms with Crippen molar-refractivity contribution in [2.75, 3.05) is 11.1 Å². The Hall–Kier alpha value is -3.23. The Kier molecular flexibility index (Phi) is 6.23. The molecule has 0 bridgehead atoms. The molecule has 0 saturated heterocycles. The van der Waals surface area contributed by atoms with Crippen LogP contribution in [0.3, 0.4) is 0 Å². The Morgan fingerprint density at radius 3 is 2.45 bits per heavy atom. The summed E-state index contributed by atoms with van der Waals surface area (Å²) < 4.78 is 5.48. The zero-order valence-electron chi connectivity index (χ0n) is 19.1. The number of amides is 1. The van der Waals surface area contributed by atoms with Gasteiger partial charge in [-0.05, 0) is 51.3 Å². The molecule has 1 amide bonds. The summed E-state index contributed by atoms with van der Waals surface area (Å²) in [6.07, 6.45) is -0.289. The van der Waals surface area contributed by atoms with Gasteiger partial charge in [0.15, 0.2) is 0 Å². The van der Waals surface area contributed by atoms with Crippen LogP contribution in [0.25, 0.3) is 21.3 Å². The van der Waals surface area contributed by atoms with Gasteiger partial charge in [0.1, 0.15) is 20.3 Å². The van der Waals surface area contributed by atoms with Gasteiger partial charge >= 0.3 is 5.97 Å². The molecule has 0 atom stereocenters. The van der Waals surface area contributed by atoms with Crippen molar-refractivity contribution >= 4 is 55.5 Å². The second kappa shape index (κ2) is 8.96. The number of hydrogen-bond acceptors (Lipinski definition) is 7. The van der Waals surface area contributed by atoms with Gasteiger partial charge < -0.3 is 15.8 Å². The number of fused-ring (bicyclic) bond motifs is 1. The zero-order chi connectivity index (χ0) is 23.9. The van der Waals surface area contributed by atoms with E-state index in [-0.39, 0.29) is 12.0 Å². The molecule has 170 valence electrons. The number of nitrogens with one attached hydrogen (secondary N) is 1. The number of nitrogens with zero attached hydrogens (tertiary/aromatic N) is 1. The number of anilines is 2. The van der Waals surface area contributed by atoms with Crippen LogP contribution in [-0.2, 0) is 4.74 Å². The highest BCUT2D eigenvalue weighted by atomic mass is 32.1. The summed E-state index contributed by atoms with van der Waals surface area (Å²) in [5.74, 6) is -0.848. The molecule has 0 spiro atoms. The van der Waals surface area contributed by atoms with Crippen LogP contribution in [0.5, 0.6) is 0 Å². The van der Waals surface area contributed by atoms with Crippen LogP contribution in [0.1, 0.15) is 50.7 Å². The summed E-state index contributed by atoms with van der Waals surface area (Å²) in [5, 5.41) is 6.00. The molecule has 4 rings (SSSR count). The van der Waals surface area contributed by atoms with Crippen LogP contribution in [0.15, 0.2) is 35.7 Å². The van der Waals surface area contributed by atoms with E-state index in [4.69, 9.17) is 10.5 Å². The van der Waals surface area contributed by atoms with E-state index in [1.807, 2.05) is 56.5 Å². The Bertz CT molecular complexity index is 1370. The number of aryl methyl sites for hydroxylation is 2. The van der Waals surface area contributed by atoms with E-state index >= 15 is 0 Å². The largest absolute Gasteiger partial charge is 0.459 e. The molecule has 6 nitrogen and oxygen atoms in total. The van der Waals surface area contributed by atoms with Crippen molar-refractivity contribution in [3.8, 4) is 11.1 Å². The summed E-state index contributed by atoms with van der Waals surface area (Å²) in [7, 11) is 0. The van der Waals surface area contributed by atoms with Crippen molar-refractivity contribution in [3.63, 3.8) is 0 Å². The molecule has 33 heavy (non-hydrogen) atoms. The lowest BCUT2D eigenvalue weighted by molar-refractivity contribution is 0.0380. The van der Waals surface area contributed by atoms with Gasteiger partial charge in [0.05, 0.1) is 11.8 Å². The SMILES string of the molecule is Cc1nc2sc(C(=O)Nc3scc(-c4ccccc4)c3C(=O)OC(C)C)c(N)c2c(C)c1C.